The normalized spacial score (nSPS) is 25.7. The summed E-state index contributed by atoms with van der Waals surface area (Å²) < 4.78 is 12.4. The van der Waals surface area contributed by atoms with Crippen molar-refractivity contribution in [2.24, 2.45) is 5.92 Å². The SMILES string of the molecule is COc1ccc([Si](C)(C)[C@H]2[C@H](CC(=O)N3CCC[C@H]3CO)O[C@@]3(C(=O)Nc4ccc(NC(=O)c5ccccc5)cc43)[C@@H]2C)cc1. The van der Waals surface area contributed by atoms with Gasteiger partial charge in [-0.2, -0.15) is 0 Å². The van der Waals surface area contributed by atoms with Gasteiger partial charge in [0.2, 0.25) is 5.91 Å². The molecule has 9 nitrogen and oxygen atoms in total. The van der Waals surface area contributed by atoms with E-state index in [0.29, 0.717) is 29.0 Å². The van der Waals surface area contributed by atoms with E-state index in [-0.39, 0.29) is 48.3 Å². The number of nitrogens with zero attached hydrogens (tertiary/aromatic N) is 1. The minimum atomic E-state index is -2.42. The third kappa shape index (κ3) is 5.34. The van der Waals surface area contributed by atoms with Crippen molar-refractivity contribution in [2.75, 3.05) is 30.9 Å². The zero-order chi connectivity index (χ0) is 31.9. The standard InChI is InChI=1S/C35H41N3O6Si/c1-22-32(45(3,4)27-15-13-26(43-2)14-16-27)30(20-31(40)38-18-8-11-25(38)21-39)44-35(22)28-19-24(12-17-29(28)37-34(35)42)36-33(41)23-9-6-5-7-10-23/h5-7,9-10,12-17,19,22,25,30,32,39H,8,11,18,20-21H2,1-4H3,(H,36,41)(H,37,42)/t22-,25+,30+,32-,35+/m1/s1. The summed E-state index contributed by atoms with van der Waals surface area (Å²) >= 11 is 0. The molecule has 3 aliphatic heterocycles. The second kappa shape index (κ2) is 12.1. The molecular formula is C35H41N3O6Si. The molecule has 45 heavy (non-hydrogen) atoms. The molecule has 0 bridgehead atoms. The van der Waals surface area contributed by atoms with Gasteiger partial charge in [-0.05, 0) is 60.8 Å². The first-order valence-electron chi connectivity index (χ1n) is 15.6. The summed E-state index contributed by atoms with van der Waals surface area (Å²) in [7, 11) is -0.779. The predicted octanol–water partition coefficient (Wildman–Crippen LogP) is 4.49. The number of amides is 3. The number of methoxy groups -OCH3 is 1. The average Bonchev–Trinajstić information content (AvgIpc) is 3.72. The first-order valence-corrected chi connectivity index (χ1v) is 18.7. The highest BCUT2D eigenvalue weighted by Crippen LogP contribution is 2.59. The van der Waals surface area contributed by atoms with E-state index in [1.807, 2.05) is 36.4 Å². The fraction of sp³-hybridized carbons (Fsp3) is 0.400. The molecule has 0 aliphatic carbocycles. The number of carbonyl (C=O) groups excluding carboxylic acids is 3. The van der Waals surface area contributed by atoms with Crippen molar-refractivity contribution in [3.63, 3.8) is 0 Å². The van der Waals surface area contributed by atoms with Gasteiger partial charge in [-0.25, -0.2) is 0 Å². The third-order valence-electron chi connectivity index (χ3n) is 10.2. The lowest BCUT2D eigenvalue weighted by Gasteiger charge is -2.37. The molecule has 3 aromatic carbocycles. The quantitative estimate of drug-likeness (QED) is 0.317. The van der Waals surface area contributed by atoms with Crippen LogP contribution in [0.4, 0.5) is 11.4 Å². The van der Waals surface area contributed by atoms with Crippen molar-refractivity contribution < 1.29 is 29.0 Å². The van der Waals surface area contributed by atoms with Crippen LogP contribution in [-0.4, -0.2) is 68.2 Å². The highest BCUT2D eigenvalue weighted by molar-refractivity contribution is 6.91. The zero-order valence-electron chi connectivity index (χ0n) is 26.2. The minimum absolute atomic E-state index is 0.0622. The van der Waals surface area contributed by atoms with Crippen molar-refractivity contribution >= 4 is 42.4 Å². The Balaban J connectivity index is 1.39. The summed E-state index contributed by atoms with van der Waals surface area (Å²) in [6.07, 6.45) is 1.21. The summed E-state index contributed by atoms with van der Waals surface area (Å²) in [5.41, 5.74) is 0.945. The number of aliphatic hydroxyl groups excluding tert-OH is 1. The Morgan fingerprint density at radius 3 is 2.53 bits per heavy atom. The van der Waals surface area contributed by atoms with Gasteiger partial charge in [-0.3, -0.25) is 14.4 Å². The Bertz CT molecular complexity index is 1600. The molecular weight excluding hydrogens is 586 g/mol. The smallest absolute Gasteiger partial charge is 0.261 e. The number of benzene rings is 3. The van der Waals surface area contributed by atoms with Gasteiger partial charge in [0, 0.05) is 35.0 Å². The Labute approximate surface area is 264 Å². The van der Waals surface area contributed by atoms with Gasteiger partial charge in [-0.1, -0.05) is 55.5 Å². The molecule has 3 amide bonds. The number of hydrogen-bond donors (Lipinski definition) is 3. The third-order valence-corrected chi connectivity index (χ3v) is 14.5. The van der Waals surface area contributed by atoms with Gasteiger partial charge in [0.05, 0.1) is 40.4 Å². The number of hydrogen-bond acceptors (Lipinski definition) is 6. The van der Waals surface area contributed by atoms with Crippen LogP contribution in [0, 0.1) is 5.92 Å². The maximum absolute atomic E-state index is 14.0. The van der Waals surface area contributed by atoms with Gasteiger partial charge < -0.3 is 30.1 Å². The topological polar surface area (TPSA) is 117 Å². The largest absolute Gasteiger partial charge is 0.497 e. The minimum Gasteiger partial charge on any atom is -0.497 e. The fourth-order valence-corrected chi connectivity index (χ4v) is 11.9. The molecule has 0 aromatic heterocycles. The van der Waals surface area contributed by atoms with E-state index in [1.165, 1.54) is 5.19 Å². The fourth-order valence-electron chi connectivity index (χ4n) is 7.85. The van der Waals surface area contributed by atoms with Crippen LogP contribution in [0.2, 0.25) is 18.6 Å². The summed E-state index contributed by atoms with van der Waals surface area (Å²) in [6, 6.07) is 22.3. The number of likely N-dealkylation sites (tertiary alicyclic amines) is 1. The number of rotatable bonds is 8. The van der Waals surface area contributed by atoms with Gasteiger partial charge in [-0.15, -0.1) is 0 Å². The summed E-state index contributed by atoms with van der Waals surface area (Å²) in [4.78, 5) is 42.6. The monoisotopic (exact) mass is 627 g/mol. The molecule has 0 unspecified atom stereocenters. The Kier molecular flexibility index (Phi) is 8.32. The molecule has 2 saturated heterocycles. The summed E-state index contributed by atoms with van der Waals surface area (Å²) in [5.74, 6) is -0.0905. The highest BCUT2D eigenvalue weighted by Gasteiger charge is 2.65. The summed E-state index contributed by atoms with van der Waals surface area (Å²) in [6.45, 7) is 7.14. The molecule has 3 heterocycles. The van der Waals surface area contributed by atoms with Crippen molar-refractivity contribution in [3.8, 4) is 5.75 Å². The van der Waals surface area contributed by atoms with Crippen molar-refractivity contribution in [1.29, 1.82) is 0 Å². The molecule has 0 saturated carbocycles. The molecule has 6 rings (SSSR count). The summed E-state index contributed by atoms with van der Waals surface area (Å²) in [5, 5.41) is 17.1. The molecule has 2 fully saturated rings. The average molecular weight is 628 g/mol. The molecule has 10 heteroatoms. The van der Waals surface area contributed by atoms with Crippen LogP contribution in [0.3, 0.4) is 0 Å². The molecule has 3 N–H and O–H groups in total. The van der Waals surface area contributed by atoms with Crippen LogP contribution in [0.15, 0.2) is 72.8 Å². The molecule has 5 atom stereocenters. The zero-order valence-corrected chi connectivity index (χ0v) is 27.2. The van der Waals surface area contributed by atoms with Crippen LogP contribution in [0.5, 0.6) is 5.75 Å². The maximum Gasteiger partial charge on any atom is 0.261 e. The van der Waals surface area contributed by atoms with E-state index >= 15 is 0 Å². The number of aliphatic hydroxyl groups is 1. The second-order valence-electron chi connectivity index (χ2n) is 13.0. The number of carbonyl (C=O) groups is 3. The first kappa shape index (κ1) is 31.0. The molecule has 236 valence electrons. The highest BCUT2D eigenvalue weighted by atomic mass is 28.3. The Morgan fingerprint density at radius 2 is 1.84 bits per heavy atom. The molecule has 1 spiro atoms. The van der Waals surface area contributed by atoms with Crippen molar-refractivity contribution in [2.45, 2.75) is 62.6 Å². The van der Waals surface area contributed by atoms with E-state index in [4.69, 9.17) is 9.47 Å². The van der Waals surface area contributed by atoms with Crippen molar-refractivity contribution in [1.82, 2.24) is 4.90 Å². The van der Waals surface area contributed by atoms with Crippen LogP contribution in [0.1, 0.15) is 42.1 Å². The Hall–Kier alpha value is -3.99. The number of fused-ring (bicyclic) bond motifs is 2. The molecule has 3 aliphatic rings. The van der Waals surface area contributed by atoms with E-state index in [2.05, 4.69) is 42.8 Å². The molecule has 3 aromatic rings. The lowest BCUT2D eigenvalue weighted by Crippen LogP contribution is -2.52. The van der Waals surface area contributed by atoms with Crippen LogP contribution in [-0.2, 0) is 19.9 Å². The first-order chi connectivity index (χ1) is 21.6. The van der Waals surface area contributed by atoms with Crippen molar-refractivity contribution in [3.05, 3.63) is 83.9 Å². The maximum atomic E-state index is 14.0. The van der Waals surface area contributed by atoms with Crippen LogP contribution >= 0.6 is 0 Å². The van der Waals surface area contributed by atoms with Crippen LogP contribution < -0.4 is 20.6 Å². The van der Waals surface area contributed by atoms with Gasteiger partial charge in [0.25, 0.3) is 11.8 Å². The van der Waals surface area contributed by atoms with E-state index in [1.54, 1.807) is 36.3 Å². The van der Waals surface area contributed by atoms with E-state index < -0.39 is 19.8 Å². The molecule has 0 radical (unpaired) electrons. The predicted molar refractivity (Wildman–Crippen MR) is 175 cm³/mol. The van der Waals surface area contributed by atoms with Gasteiger partial charge in [0.15, 0.2) is 5.60 Å². The number of nitrogens with one attached hydrogen (secondary N) is 2. The van der Waals surface area contributed by atoms with Gasteiger partial charge >= 0.3 is 0 Å². The number of ether oxygens (including phenoxy) is 2. The van der Waals surface area contributed by atoms with E-state index in [0.717, 1.165) is 18.6 Å². The number of anilines is 2. The van der Waals surface area contributed by atoms with Gasteiger partial charge in [0.1, 0.15) is 5.75 Å². The Morgan fingerprint density at radius 1 is 1.11 bits per heavy atom. The van der Waals surface area contributed by atoms with E-state index in [9.17, 15) is 19.5 Å². The second-order valence-corrected chi connectivity index (χ2v) is 17.6. The lowest BCUT2D eigenvalue weighted by molar-refractivity contribution is -0.148. The lowest BCUT2D eigenvalue weighted by atomic mass is 9.82. The van der Waals surface area contributed by atoms with Crippen LogP contribution in [0.25, 0.3) is 0 Å².